The van der Waals surface area contributed by atoms with Crippen LogP contribution >= 0.6 is 12.2 Å². The first kappa shape index (κ1) is 20.6. The zero-order valence-corrected chi connectivity index (χ0v) is 18.3. The largest absolute Gasteiger partial charge is 0.331 e. The number of hydrogen-bond donors (Lipinski definition) is 2. The van der Waals surface area contributed by atoms with Crippen LogP contribution in [0.5, 0.6) is 0 Å². The van der Waals surface area contributed by atoms with E-state index in [0.717, 1.165) is 43.5 Å². The lowest BCUT2D eigenvalue weighted by Crippen LogP contribution is -2.32. The lowest BCUT2D eigenvalue weighted by molar-refractivity contribution is 0.269. The molecule has 4 rings (SSSR count). The number of imidazole rings is 1. The summed E-state index contributed by atoms with van der Waals surface area (Å²) < 4.78 is 0.684. The van der Waals surface area contributed by atoms with Gasteiger partial charge in [0.1, 0.15) is 0 Å². The Morgan fingerprint density at radius 1 is 0.800 bits per heavy atom. The predicted molar refractivity (Wildman–Crippen MR) is 129 cm³/mol. The predicted octanol–water partition coefficient (Wildman–Crippen LogP) is 6.31. The number of fused-ring (bicyclic) bond motifs is 1. The number of aromatic amines is 2. The number of rotatable bonds is 9. The van der Waals surface area contributed by atoms with Crippen LogP contribution in [0, 0.1) is 4.77 Å². The molecule has 30 heavy (non-hydrogen) atoms. The molecule has 0 aliphatic rings. The lowest BCUT2D eigenvalue weighted by atomic mass is 9.90. The van der Waals surface area contributed by atoms with Crippen molar-refractivity contribution in [1.82, 2.24) is 14.9 Å². The van der Waals surface area contributed by atoms with Gasteiger partial charge in [-0.1, -0.05) is 73.7 Å². The summed E-state index contributed by atoms with van der Waals surface area (Å²) in [4.78, 5) is 9.02. The van der Waals surface area contributed by atoms with Gasteiger partial charge in [0.15, 0.2) is 4.77 Å². The Morgan fingerprint density at radius 3 is 2.07 bits per heavy atom. The van der Waals surface area contributed by atoms with Crippen LogP contribution in [-0.2, 0) is 6.42 Å². The van der Waals surface area contributed by atoms with Gasteiger partial charge in [-0.2, -0.15) is 0 Å². The highest BCUT2D eigenvalue weighted by Crippen LogP contribution is 2.26. The summed E-state index contributed by atoms with van der Waals surface area (Å²) in [6.07, 6.45) is 2.18. The molecule has 0 atom stereocenters. The van der Waals surface area contributed by atoms with E-state index in [1.165, 1.54) is 16.7 Å². The monoisotopic (exact) mass is 415 g/mol. The molecule has 0 bridgehead atoms. The quantitative estimate of drug-likeness (QED) is 0.314. The van der Waals surface area contributed by atoms with E-state index in [1.54, 1.807) is 0 Å². The van der Waals surface area contributed by atoms with E-state index in [9.17, 15) is 0 Å². The van der Waals surface area contributed by atoms with Gasteiger partial charge in [-0.25, -0.2) is 0 Å². The van der Waals surface area contributed by atoms with Crippen molar-refractivity contribution in [3.8, 4) is 0 Å². The summed E-state index contributed by atoms with van der Waals surface area (Å²) in [5.41, 5.74) is 6.26. The van der Waals surface area contributed by atoms with Crippen LogP contribution in [0.25, 0.3) is 11.0 Å². The van der Waals surface area contributed by atoms with E-state index in [-0.39, 0.29) is 0 Å². The molecule has 2 N–H and O–H groups in total. The second-order valence-electron chi connectivity index (χ2n) is 7.88. The van der Waals surface area contributed by atoms with Crippen molar-refractivity contribution in [3.63, 3.8) is 0 Å². The Bertz CT molecular complexity index is 1080. The first-order valence-corrected chi connectivity index (χ1v) is 11.2. The Balaban J connectivity index is 1.52. The van der Waals surface area contributed by atoms with E-state index in [2.05, 4.69) is 101 Å². The van der Waals surface area contributed by atoms with Crippen molar-refractivity contribution < 1.29 is 0 Å². The van der Waals surface area contributed by atoms with E-state index in [1.807, 2.05) is 0 Å². The van der Waals surface area contributed by atoms with Gasteiger partial charge in [0.2, 0.25) is 0 Å². The fourth-order valence-corrected chi connectivity index (χ4v) is 4.39. The van der Waals surface area contributed by atoms with Crippen LogP contribution < -0.4 is 0 Å². The Morgan fingerprint density at radius 2 is 1.43 bits per heavy atom. The van der Waals surface area contributed by atoms with Gasteiger partial charge in [-0.3, -0.25) is 0 Å². The van der Waals surface area contributed by atoms with Crippen LogP contribution in [0.2, 0.25) is 0 Å². The van der Waals surface area contributed by atoms with Gasteiger partial charge in [-0.05, 0) is 60.4 Å². The molecular formula is C26H29N3S. The first-order chi connectivity index (χ1) is 14.7. The van der Waals surface area contributed by atoms with Crippen LogP contribution in [0.1, 0.15) is 36.0 Å². The minimum Gasteiger partial charge on any atom is -0.331 e. The van der Waals surface area contributed by atoms with Crippen LogP contribution in [0.4, 0.5) is 0 Å². The topological polar surface area (TPSA) is 34.8 Å². The summed E-state index contributed by atoms with van der Waals surface area (Å²) in [5, 5.41) is 0. The average Bonchev–Trinajstić information content (AvgIpc) is 3.16. The summed E-state index contributed by atoms with van der Waals surface area (Å²) in [5.74, 6) is 0.377. The number of H-pyrrole nitrogens is 2. The highest BCUT2D eigenvalue weighted by atomic mass is 32.1. The van der Waals surface area contributed by atoms with E-state index in [0.29, 0.717) is 10.7 Å². The fourth-order valence-electron chi connectivity index (χ4n) is 4.17. The minimum atomic E-state index is 0.377. The number of nitrogens with one attached hydrogen (secondary N) is 2. The molecule has 0 spiro atoms. The molecule has 0 saturated heterocycles. The van der Waals surface area contributed by atoms with E-state index < -0.39 is 0 Å². The molecule has 0 unspecified atom stereocenters. The van der Waals surface area contributed by atoms with E-state index in [4.69, 9.17) is 12.2 Å². The maximum absolute atomic E-state index is 5.22. The van der Waals surface area contributed by atoms with Gasteiger partial charge >= 0.3 is 0 Å². The Hall–Kier alpha value is -2.69. The molecule has 0 amide bonds. The smallest absolute Gasteiger partial charge is 0.175 e. The van der Waals surface area contributed by atoms with Gasteiger partial charge in [0.25, 0.3) is 0 Å². The molecule has 4 aromatic rings. The highest BCUT2D eigenvalue weighted by Gasteiger charge is 2.18. The van der Waals surface area contributed by atoms with Crippen LogP contribution in [-0.4, -0.2) is 34.5 Å². The third-order valence-corrected chi connectivity index (χ3v) is 5.89. The second-order valence-corrected chi connectivity index (χ2v) is 8.29. The molecule has 3 aromatic carbocycles. The molecule has 1 aromatic heterocycles. The molecule has 0 aliphatic heterocycles. The number of aromatic nitrogens is 2. The van der Waals surface area contributed by atoms with Gasteiger partial charge in [-0.15, -0.1) is 0 Å². The minimum absolute atomic E-state index is 0.377. The molecule has 0 saturated carbocycles. The highest BCUT2D eigenvalue weighted by molar-refractivity contribution is 7.71. The number of nitrogens with zero attached hydrogens (tertiary/aromatic N) is 1. The SMILES string of the molecule is CCCN(CCc1ccc2[nH]c(=S)[nH]c2c1)CC(c1ccccc1)c1ccccc1. The molecule has 0 radical (unpaired) electrons. The maximum atomic E-state index is 5.22. The molecule has 1 heterocycles. The zero-order valence-electron chi connectivity index (χ0n) is 17.5. The van der Waals surface area contributed by atoms with Gasteiger partial charge in [0.05, 0.1) is 11.0 Å². The van der Waals surface area contributed by atoms with Crippen molar-refractivity contribution >= 4 is 23.3 Å². The number of hydrogen-bond acceptors (Lipinski definition) is 2. The fraction of sp³-hybridized carbons (Fsp3) is 0.269. The standard InChI is InChI=1S/C26H29N3S/c1-2-16-29(17-15-20-13-14-24-25(18-20)28-26(30)27-24)19-23(21-9-5-3-6-10-21)22-11-7-4-8-12-22/h3-14,18,23H,2,15-17,19H2,1H3,(H2,27,28,30). The molecule has 4 heteroatoms. The van der Waals surface area contributed by atoms with Crippen molar-refractivity contribution in [3.05, 3.63) is 100 Å². The Kier molecular flexibility index (Phi) is 6.77. The van der Waals surface area contributed by atoms with Gasteiger partial charge < -0.3 is 14.9 Å². The lowest BCUT2D eigenvalue weighted by Gasteiger charge is -2.28. The van der Waals surface area contributed by atoms with Crippen LogP contribution in [0.15, 0.2) is 78.9 Å². The first-order valence-electron chi connectivity index (χ1n) is 10.8. The number of benzene rings is 3. The molecular weight excluding hydrogens is 386 g/mol. The normalized spacial score (nSPS) is 11.6. The third-order valence-electron chi connectivity index (χ3n) is 5.68. The summed E-state index contributed by atoms with van der Waals surface area (Å²) in [7, 11) is 0. The molecule has 0 fully saturated rings. The van der Waals surface area contributed by atoms with Crippen molar-refractivity contribution in [2.75, 3.05) is 19.6 Å². The Labute approximate surface area is 183 Å². The van der Waals surface area contributed by atoms with Crippen LogP contribution in [0.3, 0.4) is 0 Å². The van der Waals surface area contributed by atoms with E-state index >= 15 is 0 Å². The second kappa shape index (κ2) is 9.88. The third kappa shape index (κ3) is 5.07. The molecule has 154 valence electrons. The molecule has 3 nitrogen and oxygen atoms in total. The molecule has 0 aliphatic carbocycles. The summed E-state index contributed by atoms with van der Waals surface area (Å²) in [6.45, 7) is 5.43. The van der Waals surface area contributed by atoms with Crippen molar-refractivity contribution in [2.45, 2.75) is 25.7 Å². The van der Waals surface area contributed by atoms with Crippen molar-refractivity contribution in [1.29, 1.82) is 0 Å². The summed E-state index contributed by atoms with van der Waals surface area (Å²) in [6, 6.07) is 28.3. The van der Waals surface area contributed by atoms with Gasteiger partial charge in [0, 0.05) is 19.0 Å². The zero-order chi connectivity index (χ0) is 20.8. The average molecular weight is 416 g/mol. The van der Waals surface area contributed by atoms with Crippen molar-refractivity contribution in [2.24, 2.45) is 0 Å². The summed E-state index contributed by atoms with van der Waals surface area (Å²) >= 11 is 5.22. The maximum Gasteiger partial charge on any atom is 0.175 e.